The number of fused-ring (bicyclic) bond motifs is 4. The lowest BCUT2D eigenvalue weighted by atomic mass is 10.00. The minimum atomic E-state index is -0.575. The molecule has 5 aliphatic rings. The van der Waals surface area contributed by atoms with E-state index < -0.39 is 6.10 Å². The highest BCUT2D eigenvalue weighted by molar-refractivity contribution is 5.99. The van der Waals surface area contributed by atoms with Gasteiger partial charge in [0, 0.05) is 39.1 Å². The van der Waals surface area contributed by atoms with E-state index >= 15 is 0 Å². The largest absolute Gasteiger partial charge is 0.493 e. The number of Topliss-reactive ketones (excluding diaryl/α,β-unsaturated/α-hetero) is 1. The number of epoxide rings is 1. The zero-order chi connectivity index (χ0) is 37.3. The maximum atomic E-state index is 12.7. The van der Waals surface area contributed by atoms with Crippen molar-refractivity contribution in [1.82, 2.24) is 14.7 Å². The average Bonchev–Trinajstić information content (AvgIpc) is 4.07. The summed E-state index contributed by atoms with van der Waals surface area (Å²) in [5.41, 5.74) is 4.69. The van der Waals surface area contributed by atoms with Gasteiger partial charge in [-0.25, -0.2) is 0 Å². The Morgan fingerprint density at radius 1 is 0.611 bits per heavy atom. The van der Waals surface area contributed by atoms with Crippen molar-refractivity contribution < 1.29 is 38.4 Å². The lowest BCUT2D eigenvalue weighted by Gasteiger charge is -2.32. The Kier molecular flexibility index (Phi) is 12.2. The van der Waals surface area contributed by atoms with Crippen molar-refractivity contribution in [1.29, 1.82) is 0 Å². The van der Waals surface area contributed by atoms with Crippen LogP contribution in [0, 0.1) is 0 Å². The van der Waals surface area contributed by atoms with Gasteiger partial charge in [0.1, 0.15) is 30.5 Å². The third-order valence-electron chi connectivity index (χ3n) is 9.98. The summed E-state index contributed by atoms with van der Waals surface area (Å²) in [7, 11) is 0. The summed E-state index contributed by atoms with van der Waals surface area (Å²) < 4.78 is 21.8. The third kappa shape index (κ3) is 9.46. The molecule has 282 valence electrons. The fraction of sp³-hybridized carbons (Fsp3) is 0.372. The first-order valence-electron chi connectivity index (χ1n) is 18.8. The van der Waals surface area contributed by atoms with Gasteiger partial charge in [-0.3, -0.25) is 19.3 Å². The monoisotopic (exact) mass is 733 g/mol. The van der Waals surface area contributed by atoms with Gasteiger partial charge in [-0.05, 0) is 60.4 Å². The summed E-state index contributed by atoms with van der Waals surface area (Å²) in [6.07, 6.45) is 2.10. The van der Waals surface area contributed by atoms with E-state index in [1.807, 2.05) is 71.6 Å². The highest BCUT2D eigenvalue weighted by atomic mass is 16.6. The zero-order valence-corrected chi connectivity index (χ0v) is 30.4. The molecule has 0 aliphatic carbocycles. The maximum absolute atomic E-state index is 12.7. The van der Waals surface area contributed by atoms with Crippen LogP contribution in [0.2, 0.25) is 0 Å². The van der Waals surface area contributed by atoms with Crippen LogP contribution in [-0.4, -0.2) is 115 Å². The van der Waals surface area contributed by atoms with Gasteiger partial charge in [0.15, 0.2) is 5.78 Å². The Bertz CT molecular complexity index is 1930. The van der Waals surface area contributed by atoms with Crippen LogP contribution in [0.4, 0.5) is 0 Å². The summed E-state index contributed by atoms with van der Waals surface area (Å²) >= 11 is 0. The summed E-state index contributed by atoms with van der Waals surface area (Å²) in [5.74, 6) is 2.22. The van der Waals surface area contributed by atoms with E-state index in [1.165, 1.54) is 11.1 Å². The molecule has 5 heterocycles. The van der Waals surface area contributed by atoms with Crippen LogP contribution >= 0.6 is 0 Å². The van der Waals surface area contributed by atoms with Crippen LogP contribution in [-0.2, 0) is 17.7 Å². The molecule has 5 aliphatic heterocycles. The molecule has 4 aromatic rings. The number of hydrogen-bond donors (Lipinski definition) is 1. The molecule has 1 N–H and O–H groups in total. The zero-order valence-electron chi connectivity index (χ0n) is 30.4. The molecule has 1 saturated heterocycles. The highest BCUT2D eigenvalue weighted by Gasteiger charge is 2.31. The lowest BCUT2D eigenvalue weighted by Crippen LogP contribution is -2.44. The van der Waals surface area contributed by atoms with Crippen LogP contribution in [0.3, 0.4) is 0 Å². The molecule has 2 amide bonds. The first-order chi connectivity index (χ1) is 26.4. The van der Waals surface area contributed by atoms with Crippen molar-refractivity contribution in [3.05, 3.63) is 125 Å². The van der Waals surface area contributed by atoms with Gasteiger partial charge in [-0.2, -0.15) is 0 Å². The predicted molar refractivity (Wildman–Crippen MR) is 202 cm³/mol. The van der Waals surface area contributed by atoms with E-state index in [2.05, 4.69) is 29.2 Å². The second-order valence-electron chi connectivity index (χ2n) is 13.9. The van der Waals surface area contributed by atoms with E-state index in [9.17, 15) is 19.5 Å². The van der Waals surface area contributed by atoms with Gasteiger partial charge in [-0.15, -0.1) is 0 Å². The molecule has 0 radical (unpaired) electrons. The molecule has 9 rings (SSSR count). The molecule has 2 atom stereocenters. The van der Waals surface area contributed by atoms with Crippen molar-refractivity contribution in [2.75, 3.05) is 65.7 Å². The topological polar surface area (TPSA) is 121 Å². The number of aliphatic hydroxyl groups excluding tert-OH is 1. The van der Waals surface area contributed by atoms with Crippen LogP contribution in [0.5, 0.6) is 17.2 Å². The van der Waals surface area contributed by atoms with E-state index in [1.54, 1.807) is 11.0 Å². The van der Waals surface area contributed by atoms with Crippen molar-refractivity contribution in [3.63, 3.8) is 0 Å². The summed E-state index contributed by atoms with van der Waals surface area (Å²) in [6.45, 7) is 6.92. The highest BCUT2D eigenvalue weighted by Crippen LogP contribution is 2.26. The first-order valence-corrected chi connectivity index (χ1v) is 18.8. The SMILES string of the molecule is O=C1CCCOc2ccccc21.O=C1c2ccccc2OCCN1C[C@@H]1CO1.O=C1c2ccccc2OCCN1C[C@H](O)CN1CCc2ccccc2C1. The summed E-state index contributed by atoms with van der Waals surface area (Å²) in [6, 6.07) is 30.6. The molecule has 0 unspecified atom stereocenters. The van der Waals surface area contributed by atoms with E-state index in [0.29, 0.717) is 81.6 Å². The van der Waals surface area contributed by atoms with Crippen molar-refractivity contribution >= 4 is 17.6 Å². The third-order valence-corrected chi connectivity index (χ3v) is 9.98. The molecule has 0 saturated carbocycles. The van der Waals surface area contributed by atoms with E-state index in [4.69, 9.17) is 18.9 Å². The molecule has 54 heavy (non-hydrogen) atoms. The van der Waals surface area contributed by atoms with Crippen LogP contribution in [0.25, 0.3) is 0 Å². The van der Waals surface area contributed by atoms with Crippen molar-refractivity contribution in [3.8, 4) is 17.2 Å². The summed E-state index contributed by atoms with van der Waals surface area (Å²) in [5, 5.41) is 10.6. The molecule has 0 bridgehead atoms. The van der Waals surface area contributed by atoms with Crippen molar-refractivity contribution in [2.24, 2.45) is 0 Å². The predicted octanol–water partition coefficient (Wildman–Crippen LogP) is 4.90. The number of carbonyl (C=O) groups is 3. The van der Waals surface area contributed by atoms with Gasteiger partial charge in [0.05, 0.1) is 55.2 Å². The van der Waals surface area contributed by atoms with Crippen LogP contribution in [0.15, 0.2) is 97.1 Å². The second kappa shape index (κ2) is 17.7. The summed E-state index contributed by atoms with van der Waals surface area (Å²) in [4.78, 5) is 42.1. The van der Waals surface area contributed by atoms with Gasteiger partial charge in [0.25, 0.3) is 11.8 Å². The number of hydrogen-bond acceptors (Lipinski definition) is 9. The number of benzene rings is 4. The molecule has 0 spiro atoms. The Balaban J connectivity index is 0.000000136. The van der Waals surface area contributed by atoms with Gasteiger partial charge >= 0.3 is 0 Å². The van der Waals surface area contributed by atoms with Gasteiger partial charge in [-0.1, -0.05) is 60.7 Å². The smallest absolute Gasteiger partial charge is 0.257 e. The number of amides is 2. The molecule has 4 aromatic carbocycles. The number of ether oxygens (including phenoxy) is 4. The van der Waals surface area contributed by atoms with Crippen molar-refractivity contribution in [2.45, 2.75) is 38.0 Å². The van der Waals surface area contributed by atoms with Gasteiger partial charge in [0.2, 0.25) is 0 Å². The number of nitrogens with zero attached hydrogens (tertiary/aromatic N) is 3. The molecule has 1 fully saturated rings. The Labute approximate surface area is 316 Å². The number of aliphatic hydroxyl groups is 1. The minimum Gasteiger partial charge on any atom is -0.493 e. The first kappa shape index (κ1) is 37.1. The Hall–Kier alpha value is -5.23. The van der Waals surface area contributed by atoms with Gasteiger partial charge < -0.3 is 33.9 Å². The Morgan fingerprint density at radius 2 is 1.15 bits per heavy atom. The fourth-order valence-electron chi connectivity index (χ4n) is 7.07. The standard InChI is InChI=1S/C21H24N2O3.C12H13NO3.C10H10O2/c24-18(14-22-10-9-16-5-1-2-6-17(16)13-22)15-23-11-12-26-20-8-4-3-7-19(20)21(23)25;14-12-10-3-1-2-4-11(10)15-6-5-13(12)7-9-8-16-9;11-9-5-3-7-12-10-6-2-1-4-8(9)10/h1-8,18,24H,9-15H2;1-4,9H,5-8H2;1-2,4,6H,3,5,7H2/t18-;9-;/m11./s1. The second-order valence-corrected chi connectivity index (χ2v) is 13.9. The number of β-amino-alcohol motifs (C(OH)–C–C–N with tert-alkyl or cyclic N) is 1. The minimum absolute atomic E-state index is 0.0450. The molecule has 11 heteroatoms. The van der Waals surface area contributed by atoms with Crippen LogP contribution in [0.1, 0.15) is 55.0 Å². The maximum Gasteiger partial charge on any atom is 0.257 e. The van der Waals surface area contributed by atoms with E-state index in [0.717, 1.165) is 43.9 Å². The number of rotatable bonds is 6. The lowest BCUT2D eigenvalue weighted by molar-refractivity contribution is 0.0501. The average molecular weight is 734 g/mol. The molecular weight excluding hydrogens is 686 g/mol. The molecule has 11 nitrogen and oxygen atoms in total. The fourth-order valence-corrected chi connectivity index (χ4v) is 7.07. The Morgan fingerprint density at radius 3 is 1.81 bits per heavy atom. The quantitative estimate of drug-likeness (QED) is 0.276. The number of carbonyl (C=O) groups excluding carboxylic acids is 3. The van der Waals surface area contributed by atoms with Crippen LogP contribution < -0.4 is 14.2 Å². The molecule has 0 aromatic heterocycles. The normalized spacial score (nSPS) is 19.4. The van der Waals surface area contributed by atoms with E-state index in [-0.39, 0.29) is 23.7 Å². The molecular formula is C43H47N3O8. The number of ketones is 1. The number of para-hydroxylation sites is 3.